The zero-order valence-corrected chi connectivity index (χ0v) is 17.5. The number of hydrogen-bond donors (Lipinski definition) is 3. The summed E-state index contributed by atoms with van der Waals surface area (Å²) >= 11 is 0. The van der Waals surface area contributed by atoms with Gasteiger partial charge in [-0.25, -0.2) is 0 Å². The standard InChI is InChI=1S/C21H31N3O4.ClH/c22-18-8-3-6-15(18)11-20(25)23-12-16-5-1-2-9-19(16)28-14-21(26)24-13-17-7-4-10-27-17;/h1-2,5,9,15,17-18H,3-4,6-8,10-14,22H2,(H,23,25)(H,24,26);1H/t15-,17?,18+;/m0./s1. The van der Waals surface area contributed by atoms with E-state index in [-0.39, 0.29) is 48.9 Å². The molecule has 0 aromatic heterocycles. The molecule has 4 N–H and O–H groups in total. The fourth-order valence-corrected chi connectivity index (χ4v) is 3.84. The summed E-state index contributed by atoms with van der Waals surface area (Å²) in [6, 6.07) is 7.57. The van der Waals surface area contributed by atoms with Gasteiger partial charge in [0.2, 0.25) is 5.91 Å². The summed E-state index contributed by atoms with van der Waals surface area (Å²) < 4.78 is 11.2. The molecule has 1 aliphatic carbocycles. The van der Waals surface area contributed by atoms with Gasteiger partial charge in [-0.05, 0) is 37.7 Å². The Balaban J connectivity index is 0.00000300. The van der Waals surface area contributed by atoms with Gasteiger partial charge in [0.05, 0.1) is 6.10 Å². The van der Waals surface area contributed by atoms with Crippen molar-refractivity contribution >= 4 is 24.2 Å². The molecule has 1 heterocycles. The monoisotopic (exact) mass is 425 g/mol. The summed E-state index contributed by atoms with van der Waals surface area (Å²) in [6.45, 7) is 1.59. The molecule has 29 heavy (non-hydrogen) atoms. The first-order valence-electron chi connectivity index (χ1n) is 10.2. The van der Waals surface area contributed by atoms with Crippen molar-refractivity contribution in [2.24, 2.45) is 11.7 Å². The highest BCUT2D eigenvalue weighted by molar-refractivity contribution is 5.85. The van der Waals surface area contributed by atoms with Gasteiger partial charge in [-0.15, -0.1) is 12.4 Å². The predicted molar refractivity (Wildman–Crippen MR) is 113 cm³/mol. The highest BCUT2D eigenvalue weighted by Gasteiger charge is 2.26. The average molecular weight is 426 g/mol. The first kappa shape index (κ1) is 23.4. The van der Waals surface area contributed by atoms with E-state index in [1.54, 1.807) is 0 Å². The van der Waals surface area contributed by atoms with E-state index in [2.05, 4.69) is 10.6 Å². The van der Waals surface area contributed by atoms with Gasteiger partial charge in [-0.3, -0.25) is 9.59 Å². The molecule has 3 atom stereocenters. The quantitative estimate of drug-likeness (QED) is 0.560. The molecule has 0 spiro atoms. The summed E-state index contributed by atoms with van der Waals surface area (Å²) in [5.41, 5.74) is 6.89. The first-order chi connectivity index (χ1) is 13.6. The van der Waals surface area contributed by atoms with Crippen LogP contribution in [0.25, 0.3) is 0 Å². The molecule has 7 nitrogen and oxygen atoms in total. The van der Waals surface area contributed by atoms with Crippen molar-refractivity contribution in [2.75, 3.05) is 19.8 Å². The third-order valence-electron chi connectivity index (χ3n) is 5.52. The molecule has 0 bridgehead atoms. The SMILES string of the molecule is Cl.N[C@@H]1CCC[C@H]1CC(=O)NCc1ccccc1OCC(=O)NCC1CCCO1. The third-order valence-corrected chi connectivity index (χ3v) is 5.52. The van der Waals surface area contributed by atoms with Crippen LogP contribution in [-0.2, 0) is 20.9 Å². The molecule has 1 aliphatic heterocycles. The number of nitrogens with two attached hydrogens (primary N) is 1. The molecule has 1 aromatic carbocycles. The molecular weight excluding hydrogens is 394 g/mol. The van der Waals surface area contributed by atoms with Gasteiger partial charge >= 0.3 is 0 Å². The Morgan fingerprint density at radius 1 is 1.10 bits per heavy atom. The van der Waals surface area contributed by atoms with Gasteiger partial charge in [-0.2, -0.15) is 0 Å². The molecule has 0 radical (unpaired) electrons. The maximum Gasteiger partial charge on any atom is 0.258 e. The van der Waals surface area contributed by atoms with E-state index < -0.39 is 0 Å². The number of carbonyl (C=O) groups excluding carboxylic acids is 2. The molecular formula is C21H32ClN3O4. The van der Waals surface area contributed by atoms with Crippen LogP contribution in [0.1, 0.15) is 44.1 Å². The molecule has 1 unspecified atom stereocenters. The van der Waals surface area contributed by atoms with Crippen molar-refractivity contribution < 1.29 is 19.1 Å². The van der Waals surface area contributed by atoms with Gasteiger partial charge in [0.25, 0.3) is 5.91 Å². The van der Waals surface area contributed by atoms with Crippen molar-refractivity contribution in [3.8, 4) is 5.75 Å². The van der Waals surface area contributed by atoms with E-state index in [4.69, 9.17) is 15.2 Å². The van der Waals surface area contributed by atoms with Crippen LogP contribution in [0.15, 0.2) is 24.3 Å². The fourth-order valence-electron chi connectivity index (χ4n) is 3.84. The Morgan fingerprint density at radius 3 is 2.66 bits per heavy atom. The zero-order valence-electron chi connectivity index (χ0n) is 16.7. The first-order valence-corrected chi connectivity index (χ1v) is 10.2. The third kappa shape index (κ3) is 7.49. The van der Waals surface area contributed by atoms with Crippen LogP contribution >= 0.6 is 12.4 Å². The van der Waals surface area contributed by atoms with Gasteiger partial charge < -0.3 is 25.8 Å². The second-order valence-corrected chi connectivity index (χ2v) is 7.67. The largest absolute Gasteiger partial charge is 0.483 e. The van der Waals surface area contributed by atoms with Crippen LogP contribution < -0.4 is 21.1 Å². The maximum absolute atomic E-state index is 12.2. The normalized spacial score (nSPS) is 23.3. The lowest BCUT2D eigenvalue weighted by molar-refractivity contribution is -0.124. The van der Waals surface area contributed by atoms with Crippen molar-refractivity contribution in [3.63, 3.8) is 0 Å². The second-order valence-electron chi connectivity index (χ2n) is 7.67. The van der Waals surface area contributed by atoms with Crippen LogP contribution in [0.3, 0.4) is 0 Å². The van der Waals surface area contributed by atoms with E-state index in [0.717, 1.165) is 44.3 Å². The summed E-state index contributed by atoms with van der Waals surface area (Å²) in [7, 11) is 0. The van der Waals surface area contributed by atoms with Gasteiger partial charge in [0, 0.05) is 37.7 Å². The molecule has 1 aromatic rings. The molecule has 1 saturated heterocycles. The summed E-state index contributed by atoms with van der Waals surface area (Å²) in [5, 5.41) is 5.78. The number of nitrogens with one attached hydrogen (secondary N) is 2. The number of hydrogen-bond acceptors (Lipinski definition) is 5. The summed E-state index contributed by atoms with van der Waals surface area (Å²) in [6.07, 6.45) is 5.73. The van der Waals surface area contributed by atoms with Gasteiger partial charge in [-0.1, -0.05) is 24.6 Å². The Labute approximate surface area is 178 Å². The average Bonchev–Trinajstić information content (AvgIpc) is 3.36. The van der Waals surface area contributed by atoms with E-state index in [9.17, 15) is 9.59 Å². The number of benzene rings is 1. The highest BCUT2D eigenvalue weighted by atomic mass is 35.5. The molecule has 2 aliphatic rings. The Hall–Kier alpha value is -1.83. The number of ether oxygens (including phenoxy) is 2. The van der Waals surface area contributed by atoms with Crippen molar-refractivity contribution in [2.45, 2.75) is 57.2 Å². The van der Waals surface area contributed by atoms with Crippen molar-refractivity contribution in [1.82, 2.24) is 10.6 Å². The minimum atomic E-state index is -0.176. The number of carbonyl (C=O) groups is 2. The lowest BCUT2D eigenvalue weighted by atomic mass is 10.00. The smallest absolute Gasteiger partial charge is 0.258 e. The molecule has 2 amide bonds. The van der Waals surface area contributed by atoms with E-state index in [1.165, 1.54) is 0 Å². The lowest BCUT2D eigenvalue weighted by Crippen LogP contribution is -2.35. The number of rotatable bonds is 9. The predicted octanol–water partition coefficient (Wildman–Crippen LogP) is 1.92. The van der Waals surface area contributed by atoms with Crippen molar-refractivity contribution in [1.29, 1.82) is 0 Å². The number of amides is 2. The second kappa shape index (κ2) is 12.0. The van der Waals surface area contributed by atoms with E-state index in [1.807, 2.05) is 24.3 Å². The van der Waals surface area contributed by atoms with E-state index >= 15 is 0 Å². The fraction of sp³-hybridized carbons (Fsp3) is 0.619. The Kier molecular flexibility index (Phi) is 9.70. The number of halogens is 1. The van der Waals surface area contributed by atoms with Crippen molar-refractivity contribution in [3.05, 3.63) is 29.8 Å². The maximum atomic E-state index is 12.2. The van der Waals surface area contributed by atoms with Crippen LogP contribution in [0, 0.1) is 5.92 Å². The topological polar surface area (TPSA) is 103 Å². The minimum Gasteiger partial charge on any atom is -0.483 e. The Morgan fingerprint density at radius 2 is 1.93 bits per heavy atom. The van der Waals surface area contributed by atoms with Gasteiger partial charge in [0.15, 0.2) is 6.61 Å². The Bertz CT molecular complexity index is 667. The van der Waals surface area contributed by atoms with E-state index in [0.29, 0.717) is 25.3 Å². The van der Waals surface area contributed by atoms with Crippen LogP contribution in [0.5, 0.6) is 5.75 Å². The highest BCUT2D eigenvalue weighted by Crippen LogP contribution is 2.26. The number of para-hydroxylation sites is 1. The van der Waals surface area contributed by atoms with Crippen LogP contribution in [0.4, 0.5) is 0 Å². The molecule has 2 fully saturated rings. The van der Waals surface area contributed by atoms with Crippen LogP contribution in [-0.4, -0.2) is 43.7 Å². The van der Waals surface area contributed by atoms with Crippen LogP contribution in [0.2, 0.25) is 0 Å². The molecule has 1 saturated carbocycles. The molecule has 3 rings (SSSR count). The minimum absolute atomic E-state index is 0. The molecule has 162 valence electrons. The lowest BCUT2D eigenvalue weighted by Gasteiger charge is -2.16. The summed E-state index contributed by atoms with van der Waals surface area (Å²) in [5.74, 6) is 0.711. The summed E-state index contributed by atoms with van der Waals surface area (Å²) in [4.78, 5) is 24.2. The zero-order chi connectivity index (χ0) is 19.8. The molecule has 8 heteroatoms. The van der Waals surface area contributed by atoms with Gasteiger partial charge in [0.1, 0.15) is 5.75 Å².